The lowest BCUT2D eigenvalue weighted by molar-refractivity contribution is -0.141. The number of aromatic nitrogens is 2. The molecule has 2 heterocycles. The molecule has 1 aromatic rings. The molecule has 0 amide bonds. The van der Waals surface area contributed by atoms with Crippen molar-refractivity contribution in [2.24, 2.45) is 29.3 Å². The lowest BCUT2D eigenvalue weighted by atomic mass is 9.92. The number of methoxy groups -OCH3 is 1. The number of hydrazine groups is 1. The van der Waals surface area contributed by atoms with E-state index in [1.54, 1.807) is 7.05 Å². The number of hydrogen-bond acceptors (Lipinski definition) is 8. The number of piperidine rings is 1. The third-order valence-electron chi connectivity index (χ3n) is 6.32. The Morgan fingerprint density at radius 2 is 2.07 bits per heavy atom. The topological polar surface area (TPSA) is 111 Å². The smallest absolute Gasteiger partial charge is 0.305 e. The van der Waals surface area contributed by atoms with Gasteiger partial charge in [0, 0.05) is 44.7 Å². The molecule has 158 valence electrons. The molecule has 3 aliphatic rings. The third-order valence-corrected chi connectivity index (χ3v) is 6.32. The lowest BCUT2D eigenvalue weighted by Crippen LogP contribution is -2.33. The van der Waals surface area contributed by atoms with Gasteiger partial charge in [-0.3, -0.25) is 4.79 Å². The SMILES string of the molecule is COC(=O)C[C@@H]1[C@H]2CN(c3nc(/C(=C/N)N(C)N)nc4c3CCCC4(F)F)C[C@@H]12. The van der Waals surface area contributed by atoms with Gasteiger partial charge in [0.05, 0.1) is 7.11 Å². The number of carbonyl (C=O) groups is 1. The van der Waals surface area contributed by atoms with Crippen molar-refractivity contribution in [1.29, 1.82) is 0 Å². The molecule has 2 fully saturated rings. The van der Waals surface area contributed by atoms with E-state index in [2.05, 4.69) is 9.97 Å². The summed E-state index contributed by atoms with van der Waals surface area (Å²) < 4.78 is 34.1. The zero-order chi connectivity index (χ0) is 20.9. The minimum absolute atomic E-state index is 0.0968. The number of alkyl halides is 2. The summed E-state index contributed by atoms with van der Waals surface area (Å²) in [6.45, 7) is 1.36. The largest absolute Gasteiger partial charge is 0.469 e. The Labute approximate surface area is 167 Å². The van der Waals surface area contributed by atoms with Gasteiger partial charge in [0.2, 0.25) is 0 Å². The van der Waals surface area contributed by atoms with Crippen molar-refractivity contribution in [1.82, 2.24) is 15.0 Å². The second-order valence-electron chi connectivity index (χ2n) is 8.10. The van der Waals surface area contributed by atoms with Crippen LogP contribution in [0.2, 0.25) is 0 Å². The maximum absolute atomic E-state index is 14.7. The predicted octanol–water partition coefficient (Wildman–Crippen LogP) is 1.21. The minimum Gasteiger partial charge on any atom is -0.469 e. The Bertz CT molecular complexity index is 847. The molecule has 2 aliphatic carbocycles. The van der Waals surface area contributed by atoms with E-state index >= 15 is 0 Å². The highest BCUT2D eigenvalue weighted by atomic mass is 19.3. The Morgan fingerprint density at radius 3 is 2.66 bits per heavy atom. The van der Waals surface area contributed by atoms with Gasteiger partial charge in [-0.05, 0) is 30.6 Å². The van der Waals surface area contributed by atoms with Crippen LogP contribution in [0.4, 0.5) is 14.6 Å². The van der Waals surface area contributed by atoms with Gasteiger partial charge in [0.25, 0.3) is 5.92 Å². The molecule has 0 spiro atoms. The zero-order valence-electron chi connectivity index (χ0n) is 16.6. The van der Waals surface area contributed by atoms with E-state index in [1.807, 2.05) is 4.90 Å². The third kappa shape index (κ3) is 3.39. The van der Waals surface area contributed by atoms with Gasteiger partial charge >= 0.3 is 5.97 Å². The van der Waals surface area contributed by atoms with Gasteiger partial charge in [-0.1, -0.05) is 0 Å². The van der Waals surface area contributed by atoms with Crippen LogP contribution in [0.15, 0.2) is 6.20 Å². The average molecular weight is 408 g/mol. The number of nitrogens with zero attached hydrogens (tertiary/aromatic N) is 4. The number of ether oxygens (including phenoxy) is 1. The molecular weight excluding hydrogens is 382 g/mol. The molecule has 0 aromatic carbocycles. The van der Waals surface area contributed by atoms with E-state index in [0.29, 0.717) is 61.5 Å². The molecule has 4 N–H and O–H groups in total. The number of nitrogens with two attached hydrogens (primary N) is 2. The zero-order valence-corrected chi connectivity index (χ0v) is 16.6. The fraction of sp³-hybridized carbons (Fsp3) is 0.632. The van der Waals surface area contributed by atoms with Crippen molar-refractivity contribution >= 4 is 17.5 Å². The molecule has 0 bridgehead atoms. The van der Waals surface area contributed by atoms with Gasteiger partial charge in [-0.15, -0.1) is 0 Å². The van der Waals surface area contributed by atoms with E-state index < -0.39 is 5.92 Å². The van der Waals surface area contributed by atoms with Crippen molar-refractivity contribution in [3.05, 3.63) is 23.3 Å². The summed E-state index contributed by atoms with van der Waals surface area (Å²) in [5, 5.41) is 1.22. The molecule has 0 radical (unpaired) electrons. The van der Waals surface area contributed by atoms with E-state index in [9.17, 15) is 13.6 Å². The molecule has 10 heteroatoms. The van der Waals surface area contributed by atoms with Crippen molar-refractivity contribution in [2.75, 3.05) is 32.1 Å². The Morgan fingerprint density at radius 1 is 1.38 bits per heavy atom. The van der Waals surface area contributed by atoms with Crippen LogP contribution in [0.3, 0.4) is 0 Å². The number of hydrogen-bond donors (Lipinski definition) is 2. The van der Waals surface area contributed by atoms with Crippen LogP contribution in [0.5, 0.6) is 0 Å². The predicted molar refractivity (Wildman–Crippen MR) is 102 cm³/mol. The van der Waals surface area contributed by atoms with Gasteiger partial charge in [-0.2, -0.15) is 8.78 Å². The van der Waals surface area contributed by atoms with Crippen molar-refractivity contribution in [2.45, 2.75) is 31.6 Å². The summed E-state index contributed by atoms with van der Waals surface area (Å²) >= 11 is 0. The molecule has 4 rings (SSSR count). The second-order valence-corrected chi connectivity index (χ2v) is 8.10. The van der Waals surface area contributed by atoms with Crippen molar-refractivity contribution in [3.63, 3.8) is 0 Å². The summed E-state index contributed by atoms with van der Waals surface area (Å²) in [4.78, 5) is 22.4. The Balaban J connectivity index is 1.66. The number of carbonyl (C=O) groups excluding carboxylic acids is 1. The number of anilines is 1. The molecule has 1 aromatic heterocycles. The number of fused-ring (bicyclic) bond motifs is 2. The van der Waals surface area contributed by atoms with E-state index in [0.717, 1.165) is 0 Å². The first kappa shape index (κ1) is 19.8. The molecule has 3 atom stereocenters. The fourth-order valence-corrected chi connectivity index (χ4v) is 4.74. The van der Waals surface area contributed by atoms with Crippen LogP contribution in [-0.4, -0.2) is 48.2 Å². The van der Waals surface area contributed by atoms with Crippen LogP contribution >= 0.6 is 0 Å². The second kappa shape index (κ2) is 7.08. The first-order chi connectivity index (χ1) is 13.8. The first-order valence-electron chi connectivity index (χ1n) is 9.78. The van der Waals surface area contributed by atoms with Crippen LogP contribution < -0.4 is 16.5 Å². The molecule has 29 heavy (non-hydrogen) atoms. The number of rotatable bonds is 5. The molecular formula is C19H26F2N6O2. The van der Waals surface area contributed by atoms with Crippen molar-refractivity contribution < 1.29 is 18.3 Å². The van der Waals surface area contributed by atoms with E-state index in [1.165, 1.54) is 18.3 Å². The minimum atomic E-state index is -3.01. The summed E-state index contributed by atoms with van der Waals surface area (Å²) in [6.07, 6.45) is 2.29. The summed E-state index contributed by atoms with van der Waals surface area (Å²) in [6, 6.07) is 0. The molecule has 1 aliphatic heterocycles. The van der Waals surface area contributed by atoms with E-state index in [4.69, 9.17) is 16.3 Å². The van der Waals surface area contributed by atoms with Crippen molar-refractivity contribution in [3.8, 4) is 0 Å². The normalized spacial score (nSPS) is 27.3. The number of halogens is 2. The Hall–Kier alpha value is -2.49. The number of esters is 1. The highest BCUT2D eigenvalue weighted by Gasteiger charge is 2.57. The molecule has 0 unspecified atom stereocenters. The lowest BCUT2D eigenvalue weighted by Gasteiger charge is -2.31. The van der Waals surface area contributed by atoms with Crippen LogP contribution in [0.25, 0.3) is 5.70 Å². The monoisotopic (exact) mass is 408 g/mol. The molecule has 1 saturated carbocycles. The fourth-order valence-electron chi connectivity index (χ4n) is 4.74. The van der Waals surface area contributed by atoms with E-state index in [-0.39, 0.29) is 29.6 Å². The maximum atomic E-state index is 14.7. The van der Waals surface area contributed by atoms with Crippen LogP contribution in [-0.2, 0) is 21.9 Å². The molecule has 1 saturated heterocycles. The highest BCUT2D eigenvalue weighted by Crippen LogP contribution is 2.55. The standard InChI is InChI=1S/C19H26F2N6O2/c1-26(23)14(7-22)17-24-16-10(4-3-5-19(16,20)21)18(25-17)27-8-12-11(13(12)9-27)6-15(28)29-2/h7,11-13H,3-6,8-9,22-23H2,1-2H3/b14-7-/t11-,12-,13+. The van der Waals surface area contributed by atoms with Gasteiger partial charge in [-0.25, -0.2) is 15.8 Å². The summed E-state index contributed by atoms with van der Waals surface area (Å²) in [7, 11) is 2.94. The summed E-state index contributed by atoms with van der Waals surface area (Å²) in [5.41, 5.74) is 6.21. The molecule has 8 nitrogen and oxygen atoms in total. The maximum Gasteiger partial charge on any atom is 0.305 e. The van der Waals surface area contributed by atoms with Gasteiger partial charge in [0.1, 0.15) is 17.2 Å². The average Bonchev–Trinajstić information content (AvgIpc) is 3.10. The highest BCUT2D eigenvalue weighted by molar-refractivity contribution is 5.70. The van der Waals surface area contributed by atoms with Crippen LogP contribution in [0.1, 0.15) is 36.3 Å². The first-order valence-corrected chi connectivity index (χ1v) is 9.78. The van der Waals surface area contributed by atoms with Gasteiger partial charge < -0.3 is 20.4 Å². The van der Waals surface area contributed by atoms with Gasteiger partial charge in [0.15, 0.2) is 5.82 Å². The quantitative estimate of drug-likeness (QED) is 0.425. The Kier molecular flexibility index (Phi) is 4.84. The summed E-state index contributed by atoms with van der Waals surface area (Å²) in [5.74, 6) is 4.22. The van der Waals surface area contributed by atoms with Crippen LogP contribution in [0, 0.1) is 17.8 Å².